The maximum atomic E-state index is 11.3. The summed E-state index contributed by atoms with van der Waals surface area (Å²) in [4.78, 5) is 18.1. The maximum Gasteiger partial charge on any atom is 0.253 e. The van der Waals surface area contributed by atoms with E-state index in [4.69, 9.17) is 5.73 Å². The Morgan fingerprint density at radius 1 is 1.50 bits per heavy atom. The lowest BCUT2D eigenvalue weighted by Gasteiger charge is -2.05. The Labute approximate surface area is 129 Å². The third-order valence-electron chi connectivity index (χ3n) is 2.78. The third-order valence-corrected chi connectivity index (χ3v) is 4.58. The molecular formula is C12H16BrN5OS. The van der Waals surface area contributed by atoms with Gasteiger partial charge in [0, 0.05) is 18.4 Å². The number of aryl methyl sites for hydroxylation is 2. The number of nitrogens with one attached hydrogen (secondary N) is 1. The highest BCUT2D eigenvalue weighted by atomic mass is 79.9. The molecule has 0 aliphatic rings. The van der Waals surface area contributed by atoms with Crippen LogP contribution in [0.2, 0.25) is 0 Å². The van der Waals surface area contributed by atoms with Crippen molar-refractivity contribution < 1.29 is 0 Å². The number of halogens is 1. The van der Waals surface area contributed by atoms with Crippen LogP contribution in [0.15, 0.2) is 20.5 Å². The summed E-state index contributed by atoms with van der Waals surface area (Å²) in [5.74, 6) is 0.891. The summed E-state index contributed by atoms with van der Waals surface area (Å²) >= 11 is 5.02. The average Bonchev–Trinajstić information content (AvgIpc) is 2.71. The van der Waals surface area contributed by atoms with Gasteiger partial charge in [0.25, 0.3) is 5.56 Å². The summed E-state index contributed by atoms with van der Waals surface area (Å²) < 4.78 is 2.99. The lowest BCUT2D eigenvalue weighted by Crippen LogP contribution is -2.09. The van der Waals surface area contributed by atoms with Gasteiger partial charge in [-0.2, -0.15) is 5.10 Å². The molecular weight excluding hydrogens is 342 g/mol. The van der Waals surface area contributed by atoms with E-state index >= 15 is 0 Å². The second kappa shape index (κ2) is 6.45. The molecule has 0 aliphatic heterocycles. The van der Waals surface area contributed by atoms with Gasteiger partial charge in [-0.05, 0) is 29.3 Å². The first kappa shape index (κ1) is 15.1. The van der Waals surface area contributed by atoms with Crippen LogP contribution in [0.4, 0.5) is 5.82 Å². The molecule has 3 N–H and O–H groups in total. The van der Waals surface area contributed by atoms with Crippen LogP contribution in [0.3, 0.4) is 0 Å². The zero-order valence-corrected chi connectivity index (χ0v) is 13.7. The summed E-state index contributed by atoms with van der Waals surface area (Å²) in [5, 5.41) is 5.05. The fraction of sp³-hybridized carbons (Fsp3) is 0.417. The first-order chi connectivity index (χ1) is 9.55. The number of nitrogens with two attached hydrogens (primary N) is 1. The Morgan fingerprint density at radius 2 is 2.25 bits per heavy atom. The van der Waals surface area contributed by atoms with Gasteiger partial charge in [0.05, 0.1) is 15.9 Å². The fourth-order valence-corrected chi connectivity index (χ4v) is 3.61. The van der Waals surface area contributed by atoms with E-state index in [0.29, 0.717) is 10.9 Å². The minimum Gasteiger partial charge on any atom is -0.383 e. The van der Waals surface area contributed by atoms with Crippen LogP contribution in [-0.4, -0.2) is 19.7 Å². The molecule has 2 aromatic rings. The minimum absolute atomic E-state index is 0.230. The molecule has 0 atom stereocenters. The highest BCUT2D eigenvalue weighted by molar-refractivity contribution is 9.10. The van der Waals surface area contributed by atoms with Crippen molar-refractivity contribution in [2.24, 2.45) is 0 Å². The molecule has 2 rings (SSSR count). The Kier molecular flexibility index (Phi) is 4.87. The normalized spacial score (nSPS) is 10.9. The molecule has 0 saturated carbocycles. The predicted molar refractivity (Wildman–Crippen MR) is 83.8 cm³/mol. The number of nitrogen functional groups attached to an aromatic ring is 1. The molecule has 0 amide bonds. The number of H-pyrrole nitrogens is 1. The smallest absolute Gasteiger partial charge is 0.253 e. The predicted octanol–water partition coefficient (Wildman–Crippen LogP) is 2.19. The molecule has 2 heterocycles. The third kappa shape index (κ3) is 3.24. The Bertz CT molecular complexity index is 666. The number of rotatable bonds is 5. The summed E-state index contributed by atoms with van der Waals surface area (Å²) in [6, 6.07) is 1.27. The topological polar surface area (TPSA) is 89.6 Å². The minimum atomic E-state index is -0.239. The van der Waals surface area contributed by atoms with Crippen molar-refractivity contribution in [3.8, 4) is 0 Å². The molecule has 0 radical (unpaired) electrons. The fourth-order valence-electron chi connectivity index (χ4n) is 1.81. The van der Waals surface area contributed by atoms with Crippen LogP contribution in [0.5, 0.6) is 0 Å². The van der Waals surface area contributed by atoms with E-state index < -0.39 is 0 Å². The standard InChI is InChI=1S/C12H16BrN5OS/c1-3-7-11(13)8(18(4-2)17-7)6-20-12-15-9(14)5-10(19)16-12/h5H,3-4,6H2,1-2H3,(H3,14,15,16,19). The molecule has 0 unspecified atom stereocenters. The highest BCUT2D eigenvalue weighted by Crippen LogP contribution is 2.28. The van der Waals surface area contributed by atoms with E-state index in [0.717, 1.165) is 28.8 Å². The summed E-state index contributed by atoms with van der Waals surface area (Å²) in [5.41, 5.74) is 7.45. The van der Waals surface area contributed by atoms with Crippen molar-refractivity contribution in [1.29, 1.82) is 0 Å². The number of hydrogen-bond acceptors (Lipinski definition) is 5. The lowest BCUT2D eigenvalue weighted by atomic mass is 10.3. The van der Waals surface area contributed by atoms with Crippen LogP contribution >= 0.6 is 27.7 Å². The second-order valence-electron chi connectivity index (χ2n) is 4.14. The molecule has 0 aromatic carbocycles. The van der Waals surface area contributed by atoms with Crippen LogP contribution < -0.4 is 11.3 Å². The van der Waals surface area contributed by atoms with E-state index in [1.807, 2.05) is 11.6 Å². The number of anilines is 1. The Balaban J connectivity index is 2.22. The van der Waals surface area contributed by atoms with Gasteiger partial charge >= 0.3 is 0 Å². The molecule has 8 heteroatoms. The molecule has 108 valence electrons. The number of thioether (sulfide) groups is 1. The van der Waals surface area contributed by atoms with E-state index in [2.05, 4.69) is 37.9 Å². The van der Waals surface area contributed by atoms with Crippen molar-refractivity contribution in [2.45, 2.75) is 37.7 Å². The van der Waals surface area contributed by atoms with Gasteiger partial charge in [-0.3, -0.25) is 9.48 Å². The summed E-state index contributed by atoms with van der Waals surface area (Å²) in [6.07, 6.45) is 0.874. The lowest BCUT2D eigenvalue weighted by molar-refractivity contribution is 0.627. The van der Waals surface area contributed by atoms with Crippen LogP contribution in [-0.2, 0) is 18.7 Å². The van der Waals surface area contributed by atoms with E-state index in [1.54, 1.807) is 0 Å². The summed E-state index contributed by atoms with van der Waals surface area (Å²) in [7, 11) is 0. The van der Waals surface area contributed by atoms with Crippen molar-refractivity contribution >= 4 is 33.5 Å². The largest absolute Gasteiger partial charge is 0.383 e. The van der Waals surface area contributed by atoms with E-state index in [-0.39, 0.29) is 11.4 Å². The molecule has 0 bridgehead atoms. The quantitative estimate of drug-likeness (QED) is 0.632. The first-order valence-corrected chi connectivity index (χ1v) is 8.06. The zero-order valence-electron chi connectivity index (χ0n) is 11.3. The Morgan fingerprint density at radius 3 is 2.85 bits per heavy atom. The zero-order chi connectivity index (χ0) is 14.7. The van der Waals surface area contributed by atoms with Crippen molar-refractivity contribution in [1.82, 2.24) is 19.7 Å². The molecule has 6 nitrogen and oxygen atoms in total. The van der Waals surface area contributed by atoms with Crippen molar-refractivity contribution in [3.63, 3.8) is 0 Å². The van der Waals surface area contributed by atoms with Crippen molar-refractivity contribution in [2.75, 3.05) is 5.73 Å². The molecule has 0 aliphatic carbocycles. The van der Waals surface area contributed by atoms with Crippen molar-refractivity contribution in [3.05, 3.63) is 32.3 Å². The van der Waals surface area contributed by atoms with Crippen LogP contribution in [0.25, 0.3) is 0 Å². The SMILES string of the molecule is CCc1nn(CC)c(CSc2nc(N)cc(=O)[nH]2)c1Br. The average molecular weight is 358 g/mol. The van der Waals surface area contributed by atoms with Gasteiger partial charge in [-0.15, -0.1) is 0 Å². The van der Waals surface area contributed by atoms with E-state index in [9.17, 15) is 4.79 Å². The highest BCUT2D eigenvalue weighted by Gasteiger charge is 2.14. The van der Waals surface area contributed by atoms with Gasteiger partial charge in [-0.1, -0.05) is 18.7 Å². The number of aromatic amines is 1. The molecule has 20 heavy (non-hydrogen) atoms. The number of nitrogens with zero attached hydrogens (tertiary/aromatic N) is 3. The van der Waals surface area contributed by atoms with E-state index in [1.165, 1.54) is 17.8 Å². The number of aromatic nitrogens is 4. The molecule has 0 fully saturated rings. The van der Waals surface area contributed by atoms with Gasteiger partial charge in [-0.25, -0.2) is 4.98 Å². The molecule has 0 spiro atoms. The summed E-state index contributed by atoms with van der Waals surface area (Å²) in [6.45, 7) is 4.92. The number of hydrogen-bond donors (Lipinski definition) is 2. The first-order valence-electron chi connectivity index (χ1n) is 6.28. The molecule has 2 aromatic heterocycles. The van der Waals surface area contributed by atoms with Crippen LogP contribution in [0.1, 0.15) is 25.2 Å². The van der Waals surface area contributed by atoms with Gasteiger partial charge in [0.1, 0.15) is 5.82 Å². The second-order valence-corrected chi connectivity index (χ2v) is 5.90. The monoisotopic (exact) mass is 357 g/mol. The molecule has 0 saturated heterocycles. The Hall–Kier alpha value is -1.28. The van der Waals surface area contributed by atoms with Gasteiger partial charge < -0.3 is 10.7 Å². The van der Waals surface area contributed by atoms with Gasteiger partial charge in [0.15, 0.2) is 5.16 Å². The van der Waals surface area contributed by atoms with Gasteiger partial charge in [0.2, 0.25) is 0 Å². The maximum absolute atomic E-state index is 11.3. The van der Waals surface area contributed by atoms with Crippen LogP contribution in [0, 0.1) is 0 Å².